The van der Waals surface area contributed by atoms with E-state index in [0.717, 1.165) is 29.3 Å². The zero-order valence-corrected chi connectivity index (χ0v) is 13.4. The van der Waals surface area contributed by atoms with Crippen LogP contribution in [0.1, 0.15) is 25.8 Å². The van der Waals surface area contributed by atoms with Gasteiger partial charge in [-0.3, -0.25) is 0 Å². The predicted octanol–water partition coefficient (Wildman–Crippen LogP) is 5.17. The fourth-order valence-corrected chi connectivity index (χ4v) is 2.43. The van der Waals surface area contributed by atoms with E-state index in [1.54, 1.807) is 0 Å². The minimum atomic E-state index is 0.350. The Balaban J connectivity index is 1.95. The van der Waals surface area contributed by atoms with Gasteiger partial charge in [-0.1, -0.05) is 41.9 Å². The lowest BCUT2D eigenvalue weighted by molar-refractivity contribution is 0.341. The molecule has 2 rings (SSSR count). The summed E-state index contributed by atoms with van der Waals surface area (Å²) >= 11 is 6.08. The minimum Gasteiger partial charge on any atom is -0.492 e. The standard InChI is InChI=1S/C18H22ClNO/c1-3-21-18-12-11-16(19)13-17(18)20-14(2)9-10-15-7-5-4-6-8-15/h4-8,11-14,20H,3,9-10H2,1-2H3. The van der Waals surface area contributed by atoms with E-state index in [2.05, 4.69) is 36.5 Å². The van der Waals surface area contributed by atoms with Crippen LogP contribution < -0.4 is 10.1 Å². The monoisotopic (exact) mass is 303 g/mol. The zero-order chi connectivity index (χ0) is 15.1. The molecule has 112 valence electrons. The summed E-state index contributed by atoms with van der Waals surface area (Å²) in [6.07, 6.45) is 2.11. The van der Waals surface area contributed by atoms with Crippen molar-refractivity contribution in [2.75, 3.05) is 11.9 Å². The lowest BCUT2D eigenvalue weighted by Crippen LogP contribution is -2.16. The molecule has 0 fully saturated rings. The molecule has 0 bridgehead atoms. The predicted molar refractivity (Wildman–Crippen MR) is 90.5 cm³/mol. The van der Waals surface area contributed by atoms with Crippen LogP contribution >= 0.6 is 11.6 Å². The molecule has 1 atom stereocenters. The first-order valence-corrected chi connectivity index (χ1v) is 7.79. The van der Waals surface area contributed by atoms with Gasteiger partial charge in [-0.15, -0.1) is 0 Å². The maximum absolute atomic E-state index is 6.08. The molecule has 0 saturated heterocycles. The number of anilines is 1. The Bertz CT molecular complexity index is 556. The van der Waals surface area contributed by atoms with E-state index in [4.69, 9.17) is 16.3 Å². The van der Waals surface area contributed by atoms with Crippen LogP contribution in [0.5, 0.6) is 5.75 Å². The summed E-state index contributed by atoms with van der Waals surface area (Å²) in [4.78, 5) is 0. The van der Waals surface area contributed by atoms with Crippen LogP contribution in [0.3, 0.4) is 0 Å². The fourth-order valence-electron chi connectivity index (χ4n) is 2.26. The van der Waals surface area contributed by atoms with Gasteiger partial charge in [-0.05, 0) is 50.5 Å². The summed E-state index contributed by atoms with van der Waals surface area (Å²) in [6.45, 7) is 4.81. The van der Waals surface area contributed by atoms with Gasteiger partial charge in [0.25, 0.3) is 0 Å². The van der Waals surface area contributed by atoms with Crippen molar-refractivity contribution >= 4 is 17.3 Å². The van der Waals surface area contributed by atoms with Crippen molar-refractivity contribution in [3.8, 4) is 5.75 Å². The van der Waals surface area contributed by atoms with Gasteiger partial charge in [0.1, 0.15) is 5.75 Å². The normalized spacial score (nSPS) is 12.0. The van der Waals surface area contributed by atoms with Crippen molar-refractivity contribution in [2.45, 2.75) is 32.7 Å². The highest BCUT2D eigenvalue weighted by atomic mass is 35.5. The van der Waals surface area contributed by atoms with E-state index in [9.17, 15) is 0 Å². The van der Waals surface area contributed by atoms with Crippen LogP contribution in [0.25, 0.3) is 0 Å². The number of halogens is 1. The SMILES string of the molecule is CCOc1ccc(Cl)cc1NC(C)CCc1ccccc1. The van der Waals surface area contributed by atoms with E-state index in [0.29, 0.717) is 12.6 Å². The van der Waals surface area contributed by atoms with Crippen LogP contribution in [-0.2, 0) is 6.42 Å². The molecule has 2 aromatic carbocycles. The first kappa shape index (κ1) is 15.7. The number of benzene rings is 2. The van der Waals surface area contributed by atoms with Crippen molar-refractivity contribution in [3.05, 3.63) is 59.1 Å². The van der Waals surface area contributed by atoms with Crippen LogP contribution in [0.4, 0.5) is 5.69 Å². The molecule has 0 aliphatic carbocycles. The highest BCUT2D eigenvalue weighted by Gasteiger charge is 2.08. The Hall–Kier alpha value is -1.67. The maximum atomic E-state index is 6.08. The Morgan fingerprint density at radius 1 is 1.14 bits per heavy atom. The number of ether oxygens (including phenoxy) is 1. The molecule has 0 saturated carbocycles. The van der Waals surface area contributed by atoms with Crippen LogP contribution in [0, 0.1) is 0 Å². The molecule has 21 heavy (non-hydrogen) atoms. The second-order valence-corrected chi connectivity index (χ2v) is 5.58. The maximum Gasteiger partial charge on any atom is 0.142 e. The molecule has 2 nitrogen and oxygen atoms in total. The molecule has 1 N–H and O–H groups in total. The average molecular weight is 304 g/mol. The minimum absolute atomic E-state index is 0.350. The average Bonchev–Trinajstić information content (AvgIpc) is 2.49. The number of aryl methyl sites for hydroxylation is 1. The van der Waals surface area contributed by atoms with E-state index in [1.807, 2.05) is 31.2 Å². The summed E-state index contributed by atoms with van der Waals surface area (Å²) in [5.74, 6) is 0.855. The van der Waals surface area contributed by atoms with Crippen molar-refractivity contribution < 1.29 is 4.74 Å². The van der Waals surface area contributed by atoms with Crippen molar-refractivity contribution in [3.63, 3.8) is 0 Å². The Labute approximate surface area is 132 Å². The van der Waals surface area contributed by atoms with Gasteiger partial charge in [0.2, 0.25) is 0 Å². The van der Waals surface area contributed by atoms with Crippen LogP contribution in [0.15, 0.2) is 48.5 Å². The van der Waals surface area contributed by atoms with Crippen LogP contribution in [-0.4, -0.2) is 12.6 Å². The fraction of sp³-hybridized carbons (Fsp3) is 0.333. The first-order chi connectivity index (χ1) is 10.2. The van der Waals surface area contributed by atoms with E-state index >= 15 is 0 Å². The summed E-state index contributed by atoms with van der Waals surface area (Å²) in [6, 6.07) is 16.6. The third-order valence-electron chi connectivity index (χ3n) is 3.35. The highest BCUT2D eigenvalue weighted by Crippen LogP contribution is 2.29. The summed E-state index contributed by atoms with van der Waals surface area (Å²) in [7, 11) is 0. The molecule has 0 spiro atoms. The number of hydrogen-bond acceptors (Lipinski definition) is 2. The van der Waals surface area contributed by atoms with E-state index in [1.165, 1.54) is 5.56 Å². The summed E-state index contributed by atoms with van der Waals surface area (Å²) in [5.41, 5.74) is 2.33. The smallest absolute Gasteiger partial charge is 0.142 e. The van der Waals surface area contributed by atoms with Gasteiger partial charge in [0, 0.05) is 11.1 Å². The zero-order valence-electron chi connectivity index (χ0n) is 12.6. The molecule has 0 aliphatic rings. The van der Waals surface area contributed by atoms with Crippen molar-refractivity contribution in [2.24, 2.45) is 0 Å². The van der Waals surface area contributed by atoms with Gasteiger partial charge < -0.3 is 10.1 Å². The molecule has 3 heteroatoms. The number of hydrogen-bond donors (Lipinski definition) is 1. The second-order valence-electron chi connectivity index (χ2n) is 5.14. The Morgan fingerprint density at radius 2 is 1.90 bits per heavy atom. The van der Waals surface area contributed by atoms with Gasteiger partial charge in [-0.2, -0.15) is 0 Å². The first-order valence-electron chi connectivity index (χ1n) is 7.42. The number of nitrogens with one attached hydrogen (secondary N) is 1. The number of rotatable bonds is 7. The Kier molecular flexibility index (Phi) is 5.94. The molecule has 2 aromatic rings. The van der Waals surface area contributed by atoms with Gasteiger partial charge in [0.15, 0.2) is 0 Å². The highest BCUT2D eigenvalue weighted by molar-refractivity contribution is 6.30. The van der Waals surface area contributed by atoms with Crippen molar-refractivity contribution in [1.29, 1.82) is 0 Å². The van der Waals surface area contributed by atoms with Crippen LogP contribution in [0.2, 0.25) is 5.02 Å². The van der Waals surface area contributed by atoms with Gasteiger partial charge >= 0.3 is 0 Å². The third-order valence-corrected chi connectivity index (χ3v) is 3.59. The molecule has 0 aromatic heterocycles. The molecule has 0 heterocycles. The Morgan fingerprint density at radius 3 is 2.62 bits per heavy atom. The van der Waals surface area contributed by atoms with E-state index < -0.39 is 0 Å². The molecule has 0 radical (unpaired) electrons. The molecular weight excluding hydrogens is 282 g/mol. The van der Waals surface area contributed by atoms with Gasteiger partial charge in [0.05, 0.1) is 12.3 Å². The van der Waals surface area contributed by atoms with E-state index in [-0.39, 0.29) is 0 Å². The molecule has 1 unspecified atom stereocenters. The largest absolute Gasteiger partial charge is 0.492 e. The lowest BCUT2D eigenvalue weighted by Gasteiger charge is -2.18. The lowest BCUT2D eigenvalue weighted by atomic mass is 10.1. The molecular formula is C18H22ClNO. The topological polar surface area (TPSA) is 21.3 Å². The summed E-state index contributed by atoms with van der Waals surface area (Å²) in [5, 5.41) is 4.22. The van der Waals surface area contributed by atoms with Gasteiger partial charge in [-0.25, -0.2) is 0 Å². The molecule has 0 aliphatic heterocycles. The third kappa shape index (κ3) is 4.98. The molecule has 0 amide bonds. The summed E-state index contributed by atoms with van der Waals surface area (Å²) < 4.78 is 5.63. The van der Waals surface area contributed by atoms with Crippen molar-refractivity contribution in [1.82, 2.24) is 0 Å². The second kappa shape index (κ2) is 7.94. The quantitative estimate of drug-likeness (QED) is 0.761.